The third kappa shape index (κ3) is 3.92. The highest BCUT2D eigenvalue weighted by atomic mass is 16.5. The summed E-state index contributed by atoms with van der Waals surface area (Å²) in [7, 11) is 0. The zero-order chi connectivity index (χ0) is 14.4. The van der Waals surface area contributed by atoms with Crippen LogP contribution in [0.25, 0.3) is 0 Å². The second kappa shape index (κ2) is 7.22. The van der Waals surface area contributed by atoms with Crippen molar-refractivity contribution in [3.8, 4) is 0 Å². The first kappa shape index (κ1) is 14.8. The van der Waals surface area contributed by atoms with Crippen LogP contribution in [0.1, 0.15) is 31.0 Å². The molecule has 2 nitrogen and oxygen atoms in total. The van der Waals surface area contributed by atoms with E-state index < -0.39 is 0 Å². The van der Waals surface area contributed by atoms with Crippen LogP contribution in [0.15, 0.2) is 60.7 Å². The standard InChI is InChI=1S/C18H23NO/c1-14(2)18(17(19)16-11-7-4-8-12-16)20-13-15-9-5-3-6-10-15/h3-12,14,17-18H,13,19H2,1-2H3. The normalized spacial score (nSPS) is 14.2. The first-order valence-electron chi connectivity index (χ1n) is 7.14. The Bertz CT molecular complexity index is 495. The van der Waals surface area contributed by atoms with Crippen LogP contribution in [-0.4, -0.2) is 6.10 Å². The summed E-state index contributed by atoms with van der Waals surface area (Å²) >= 11 is 0. The maximum Gasteiger partial charge on any atom is 0.0794 e. The van der Waals surface area contributed by atoms with Gasteiger partial charge in [0.25, 0.3) is 0 Å². The fourth-order valence-corrected chi connectivity index (χ4v) is 2.34. The van der Waals surface area contributed by atoms with E-state index in [2.05, 4.69) is 38.1 Å². The van der Waals surface area contributed by atoms with Gasteiger partial charge in [-0.05, 0) is 17.0 Å². The smallest absolute Gasteiger partial charge is 0.0794 e. The maximum atomic E-state index is 6.38. The molecular weight excluding hydrogens is 246 g/mol. The summed E-state index contributed by atoms with van der Waals surface area (Å²) in [5.74, 6) is 0.369. The predicted molar refractivity (Wildman–Crippen MR) is 83.2 cm³/mol. The third-order valence-electron chi connectivity index (χ3n) is 3.48. The lowest BCUT2D eigenvalue weighted by molar-refractivity contribution is -0.00656. The monoisotopic (exact) mass is 269 g/mol. The minimum Gasteiger partial charge on any atom is -0.371 e. The van der Waals surface area contributed by atoms with Gasteiger partial charge in [0.1, 0.15) is 0 Å². The molecule has 0 radical (unpaired) electrons. The van der Waals surface area contributed by atoms with E-state index in [0.29, 0.717) is 12.5 Å². The van der Waals surface area contributed by atoms with E-state index in [9.17, 15) is 0 Å². The largest absolute Gasteiger partial charge is 0.371 e. The Morgan fingerprint density at radius 1 is 0.900 bits per heavy atom. The number of benzene rings is 2. The van der Waals surface area contributed by atoms with Gasteiger partial charge in [0, 0.05) is 0 Å². The lowest BCUT2D eigenvalue weighted by Gasteiger charge is -2.28. The molecule has 0 spiro atoms. The number of hydrogen-bond donors (Lipinski definition) is 1. The molecule has 0 aliphatic carbocycles. The molecule has 2 N–H and O–H groups in total. The zero-order valence-corrected chi connectivity index (χ0v) is 12.2. The molecule has 0 aliphatic heterocycles. The van der Waals surface area contributed by atoms with Gasteiger partial charge in [-0.2, -0.15) is 0 Å². The minimum atomic E-state index is -0.0973. The molecule has 0 aromatic heterocycles. The van der Waals surface area contributed by atoms with Gasteiger partial charge < -0.3 is 10.5 Å². The van der Waals surface area contributed by atoms with Crippen LogP contribution in [0, 0.1) is 5.92 Å². The Morgan fingerprint density at radius 3 is 2.00 bits per heavy atom. The van der Waals surface area contributed by atoms with E-state index in [-0.39, 0.29) is 12.1 Å². The molecule has 0 bridgehead atoms. The van der Waals surface area contributed by atoms with Crippen LogP contribution in [0.3, 0.4) is 0 Å². The van der Waals surface area contributed by atoms with E-state index in [1.807, 2.05) is 36.4 Å². The first-order chi connectivity index (χ1) is 9.68. The molecule has 2 unspecified atom stereocenters. The van der Waals surface area contributed by atoms with Gasteiger partial charge in [-0.3, -0.25) is 0 Å². The van der Waals surface area contributed by atoms with Crippen molar-refractivity contribution in [1.29, 1.82) is 0 Å². The Hall–Kier alpha value is -1.64. The van der Waals surface area contributed by atoms with Gasteiger partial charge in [0.05, 0.1) is 18.8 Å². The second-order valence-corrected chi connectivity index (χ2v) is 5.44. The number of nitrogens with two attached hydrogens (primary N) is 1. The molecule has 0 saturated heterocycles. The van der Waals surface area contributed by atoms with Crippen molar-refractivity contribution < 1.29 is 4.74 Å². The average molecular weight is 269 g/mol. The first-order valence-corrected chi connectivity index (χ1v) is 7.14. The van der Waals surface area contributed by atoms with Crippen molar-refractivity contribution in [2.45, 2.75) is 32.6 Å². The van der Waals surface area contributed by atoms with E-state index in [0.717, 1.165) is 5.56 Å². The van der Waals surface area contributed by atoms with Gasteiger partial charge in [-0.1, -0.05) is 74.5 Å². The highest BCUT2D eigenvalue weighted by Gasteiger charge is 2.23. The maximum absolute atomic E-state index is 6.38. The summed E-state index contributed by atoms with van der Waals surface area (Å²) in [6.07, 6.45) is 0.0117. The van der Waals surface area contributed by atoms with Gasteiger partial charge in [-0.25, -0.2) is 0 Å². The van der Waals surface area contributed by atoms with Gasteiger partial charge in [0.15, 0.2) is 0 Å². The molecule has 0 heterocycles. The molecular formula is C18H23NO. The highest BCUT2D eigenvalue weighted by molar-refractivity contribution is 5.20. The summed E-state index contributed by atoms with van der Waals surface area (Å²) in [6.45, 7) is 4.90. The van der Waals surface area contributed by atoms with Crippen LogP contribution >= 0.6 is 0 Å². The third-order valence-corrected chi connectivity index (χ3v) is 3.48. The van der Waals surface area contributed by atoms with Crippen molar-refractivity contribution >= 4 is 0 Å². The summed E-state index contributed by atoms with van der Waals surface area (Å²) in [5, 5.41) is 0. The van der Waals surface area contributed by atoms with Crippen molar-refractivity contribution in [3.63, 3.8) is 0 Å². The molecule has 0 amide bonds. The highest BCUT2D eigenvalue weighted by Crippen LogP contribution is 2.23. The summed E-state index contributed by atoms with van der Waals surface area (Å²) in [4.78, 5) is 0. The quantitative estimate of drug-likeness (QED) is 0.862. The van der Waals surface area contributed by atoms with Crippen molar-refractivity contribution in [2.75, 3.05) is 0 Å². The number of ether oxygens (including phenoxy) is 1. The van der Waals surface area contributed by atoms with E-state index in [1.165, 1.54) is 5.56 Å². The van der Waals surface area contributed by atoms with Crippen molar-refractivity contribution in [2.24, 2.45) is 11.7 Å². The summed E-state index contributed by atoms with van der Waals surface area (Å²) in [5.41, 5.74) is 8.68. The Balaban J connectivity index is 2.04. The van der Waals surface area contributed by atoms with Crippen molar-refractivity contribution in [3.05, 3.63) is 71.8 Å². The molecule has 2 atom stereocenters. The van der Waals surface area contributed by atoms with E-state index >= 15 is 0 Å². The molecule has 2 rings (SSSR count). The SMILES string of the molecule is CC(C)C(OCc1ccccc1)C(N)c1ccccc1. The van der Waals surface area contributed by atoms with Crippen LogP contribution in [0.4, 0.5) is 0 Å². The Labute approximate surface area is 121 Å². The van der Waals surface area contributed by atoms with Crippen LogP contribution in [0.2, 0.25) is 0 Å². The number of hydrogen-bond acceptors (Lipinski definition) is 2. The fourth-order valence-electron chi connectivity index (χ4n) is 2.34. The fraction of sp³-hybridized carbons (Fsp3) is 0.333. The number of rotatable bonds is 6. The zero-order valence-electron chi connectivity index (χ0n) is 12.2. The summed E-state index contributed by atoms with van der Waals surface area (Å²) in [6, 6.07) is 20.3. The Kier molecular flexibility index (Phi) is 5.33. The Morgan fingerprint density at radius 2 is 1.45 bits per heavy atom. The second-order valence-electron chi connectivity index (χ2n) is 5.44. The molecule has 0 aliphatic rings. The molecule has 106 valence electrons. The molecule has 2 heteroatoms. The minimum absolute atomic E-state index is 0.0117. The summed E-state index contributed by atoms with van der Waals surface area (Å²) < 4.78 is 6.08. The van der Waals surface area contributed by atoms with Crippen molar-refractivity contribution in [1.82, 2.24) is 0 Å². The van der Waals surface area contributed by atoms with E-state index in [4.69, 9.17) is 10.5 Å². The van der Waals surface area contributed by atoms with Crippen LogP contribution < -0.4 is 5.73 Å². The van der Waals surface area contributed by atoms with Gasteiger partial charge in [-0.15, -0.1) is 0 Å². The molecule has 2 aromatic rings. The predicted octanol–water partition coefficient (Wildman–Crippen LogP) is 3.93. The topological polar surface area (TPSA) is 35.2 Å². The molecule has 20 heavy (non-hydrogen) atoms. The van der Waals surface area contributed by atoms with Gasteiger partial charge >= 0.3 is 0 Å². The molecule has 0 saturated carbocycles. The van der Waals surface area contributed by atoms with Crippen LogP contribution in [0.5, 0.6) is 0 Å². The lowest BCUT2D eigenvalue weighted by Crippen LogP contribution is -2.33. The lowest BCUT2D eigenvalue weighted by atomic mass is 9.94. The molecule has 2 aromatic carbocycles. The molecule has 0 fully saturated rings. The van der Waals surface area contributed by atoms with Gasteiger partial charge in [0.2, 0.25) is 0 Å². The van der Waals surface area contributed by atoms with Crippen LogP contribution in [-0.2, 0) is 11.3 Å². The average Bonchev–Trinajstić information content (AvgIpc) is 2.49. The van der Waals surface area contributed by atoms with E-state index in [1.54, 1.807) is 0 Å².